The van der Waals surface area contributed by atoms with E-state index in [0.29, 0.717) is 11.3 Å². The standard InChI is InChI=1S/C26H20F2N2O5S/c1-34-25(32)21(29-17-5-3-2-4-6-17)13-16-11-19(27)23(20(28)12-16)35-18-9-7-15(8-10-18)14-22-24(31)30-26(33)36-22/h2-12,14,21,29H,13H2,1H3,(H,30,31,33). The number of amides is 2. The summed E-state index contributed by atoms with van der Waals surface area (Å²) in [7, 11) is 1.24. The average molecular weight is 511 g/mol. The fraction of sp³-hybridized carbons (Fsp3) is 0.115. The molecule has 1 saturated heterocycles. The third-order valence-electron chi connectivity index (χ3n) is 5.14. The van der Waals surface area contributed by atoms with Gasteiger partial charge in [0, 0.05) is 12.1 Å². The van der Waals surface area contributed by atoms with Crippen molar-refractivity contribution in [2.75, 3.05) is 12.4 Å². The highest BCUT2D eigenvalue weighted by molar-refractivity contribution is 8.18. The Kier molecular flexibility index (Phi) is 7.65. The average Bonchev–Trinajstić information content (AvgIpc) is 3.18. The number of carbonyl (C=O) groups excluding carboxylic acids is 3. The molecule has 10 heteroatoms. The van der Waals surface area contributed by atoms with Gasteiger partial charge in [-0.25, -0.2) is 13.6 Å². The van der Waals surface area contributed by atoms with Crippen molar-refractivity contribution in [3.05, 3.63) is 94.4 Å². The van der Waals surface area contributed by atoms with E-state index < -0.39 is 40.5 Å². The van der Waals surface area contributed by atoms with Crippen LogP contribution in [0.4, 0.5) is 19.3 Å². The summed E-state index contributed by atoms with van der Waals surface area (Å²) >= 11 is 0.786. The molecule has 0 spiro atoms. The molecule has 3 aromatic carbocycles. The second kappa shape index (κ2) is 11.0. The minimum atomic E-state index is -0.933. The lowest BCUT2D eigenvalue weighted by atomic mass is 10.0. The molecule has 4 rings (SSSR count). The predicted octanol–water partition coefficient (Wildman–Crippen LogP) is 5.28. The molecule has 1 fully saturated rings. The number of imide groups is 1. The Labute approximate surface area is 209 Å². The van der Waals surface area contributed by atoms with E-state index >= 15 is 0 Å². The van der Waals surface area contributed by atoms with Crippen LogP contribution in [0.2, 0.25) is 0 Å². The fourth-order valence-corrected chi connectivity index (χ4v) is 4.14. The van der Waals surface area contributed by atoms with E-state index in [9.17, 15) is 23.2 Å². The van der Waals surface area contributed by atoms with E-state index in [4.69, 9.17) is 9.47 Å². The predicted molar refractivity (Wildman–Crippen MR) is 132 cm³/mol. The number of nitrogens with one attached hydrogen (secondary N) is 2. The SMILES string of the molecule is COC(=O)C(Cc1cc(F)c(Oc2ccc(C=C3SC(=O)NC3=O)cc2)c(F)c1)Nc1ccccc1. The first kappa shape index (κ1) is 24.9. The number of benzene rings is 3. The number of thioether (sulfide) groups is 1. The van der Waals surface area contributed by atoms with Gasteiger partial charge in [0.05, 0.1) is 12.0 Å². The summed E-state index contributed by atoms with van der Waals surface area (Å²) in [6.45, 7) is 0. The van der Waals surface area contributed by atoms with Crippen LogP contribution in [0.25, 0.3) is 6.08 Å². The van der Waals surface area contributed by atoms with Crippen LogP contribution < -0.4 is 15.4 Å². The monoisotopic (exact) mass is 510 g/mol. The third kappa shape index (κ3) is 6.08. The van der Waals surface area contributed by atoms with E-state index in [1.165, 1.54) is 25.3 Å². The Morgan fingerprint density at radius 1 is 1.06 bits per heavy atom. The molecule has 36 heavy (non-hydrogen) atoms. The van der Waals surface area contributed by atoms with Crippen molar-refractivity contribution in [1.82, 2.24) is 5.32 Å². The highest BCUT2D eigenvalue weighted by atomic mass is 32.2. The Morgan fingerprint density at radius 3 is 2.31 bits per heavy atom. The summed E-state index contributed by atoms with van der Waals surface area (Å²) in [5.41, 5.74) is 1.50. The van der Waals surface area contributed by atoms with Crippen LogP contribution in [0.1, 0.15) is 11.1 Å². The number of methoxy groups -OCH3 is 1. The Morgan fingerprint density at radius 2 is 1.72 bits per heavy atom. The number of halogens is 2. The number of anilines is 1. The van der Waals surface area contributed by atoms with Crippen LogP contribution in [-0.4, -0.2) is 30.3 Å². The van der Waals surface area contributed by atoms with Gasteiger partial charge in [0.25, 0.3) is 11.1 Å². The first-order valence-electron chi connectivity index (χ1n) is 10.7. The molecular formula is C26H20F2N2O5S. The number of hydrogen-bond acceptors (Lipinski definition) is 7. The second-order valence-corrected chi connectivity index (χ2v) is 8.72. The van der Waals surface area contributed by atoms with Crippen molar-refractivity contribution in [2.24, 2.45) is 0 Å². The van der Waals surface area contributed by atoms with Crippen LogP contribution in [0.3, 0.4) is 0 Å². The minimum Gasteiger partial charge on any atom is -0.467 e. The van der Waals surface area contributed by atoms with Crippen LogP contribution >= 0.6 is 11.8 Å². The Balaban J connectivity index is 1.48. The van der Waals surface area contributed by atoms with Gasteiger partial charge < -0.3 is 14.8 Å². The van der Waals surface area contributed by atoms with Gasteiger partial charge in [-0.15, -0.1) is 0 Å². The van der Waals surface area contributed by atoms with Crippen molar-refractivity contribution in [3.8, 4) is 11.5 Å². The summed E-state index contributed by atoms with van der Waals surface area (Å²) in [5, 5.41) is 4.72. The van der Waals surface area contributed by atoms with Crippen molar-refractivity contribution in [1.29, 1.82) is 0 Å². The molecular weight excluding hydrogens is 490 g/mol. The number of para-hydroxylation sites is 1. The van der Waals surface area contributed by atoms with Gasteiger partial charge in [-0.3, -0.25) is 14.9 Å². The maximum atomic E-state index is 14.8. The van der Waals surface area contributed by atoms with Crippen LogP contribution in [0, 0.1) is 11.6 Å². The van der Waals surface area contributed by atoms with Crippen molar-refractivity contribution in [3.63, 3.8) is 0 Å². The molecule has 184 valence electrons. The molecule has 0 bridgehead atoms. The summed E-state index contributed by atoms with van der Waals surface area (Å²) in [4.78, 5) is 35.4. The lowest BCUT2D eigenvalue weighted by Gasteiger charge is -2.18. The summed E-state index contributed by atoms with van der Waals surface area (Å²) in [6, 6.07) is 16.4. The molecule has 1 aliphatic heterocycles. The zero-order valence-electron chi connectivity index (χ0n) is 18.9. The quantitative estimate of drug-likeness (QED) is 0.315. The number of rotatable bonds is 8. The van der Waals surface area contributed by atoms with Gasteiger partial charge in [-0.05, 0) is 65.4 Å². The normalized spacial score (nSPS) is 14.9. The summed E-state index contributed by atoms with van der Waals surface area (Å²) < 4.78 is 39.8. The largest absolute Gasteiger partial charge is 0.467 e. The van der Waals surface area contributed by atoms with Gasteiger partial charge in [0.1, 0.15) is 11.8 Å². The maximum Gasteiger partial charge on any atom is 0.328 e. The number of esters is 1. The molecule has 3 aromatic rings. The molecule has 1 unspecified atom stereocenters. The summed E-state index contributed by atoms with van der Waals surface area (Å²) in [5.74, 6) is -3.35. The Bertz CT molecular complexity index is 1310. The van der Waals surface area contributed by atoms with Gasteiger partial charge in [0.2, 0.25) is 0 Å². The Hall–Kier alpha value is -4.18. The molecule has 2 amide bonds. The lowest BCUT2D eigenvalue weighted by Crippen LogP contribution is -2.32. The number of hydrogen-bond donors (Lipinski definition) is 2. The van der Waals surface area contributed by atoms with E-state index in [-0.39, 0.29) is 22.6 Å². The molecule has 0 saturated carbocycles. The van der Waals surface area contributed by atoms with Gasteiger partial charge >= 0.3 is 5.97 Å². The van der Waals surface area contributed by atoms with Gasteiger partial charge in [-0.1, -0.05) is 30.3 Å². The number of carbonyl (C=O) groups is 3. The fourth-order valence-electron chi connectivity index (χ4n) is 3.46. The van der Waals surface area contributed by atoms with Crippen LogP contribution in [0.15, 0.2) is 71.6 Å². The number of ether oxygens (including phenoxy) is 2. The first-order chi connectivity index (χ1) is 17.3. The highest BCUT2D eigenvalue weighted by Crippen LogP contribution is 2.31. The van der Waals surface area contributed by atoms with Crippen molar-refractivity contribution in [2.45, 2.75) is 12.5 Å². The van der Waals surface area contributed by atoms with Gasteiger partial charge in [0.15, 0.2) is 17.4 Å². The molecule has 1 aliphatic rings. The zero-order valence-corrected chi connectivity index (χ0v) is 19.7. The van der Waals surface area contributed by atoms with E-state index in [2.05, 4.69) is 10.6 Å². The highest BCUT2D eigenvalue weighted by Gasteiger charge is 2.25. The molecule has 2 N–H and O–H groups in total. The van der Waals surface area contributed by atoms with Crippen molar-refractivity contribution >= 4 is 40.6 Å². The molecule has 1 heterocycles. The van der Waals surface area contributed by atoms with E-state index in [0.717, 1.165) is 23.9 Å². The van der Waals surface area contributed by atoms with E-state index in [1.54, 1.807) is 36.4 Å². The smallest absolute Gasteiger partial charge is 0.328 e. The zero-order chi connectivity index (χ0) is 25.7. The lowest BCUT2D eigenvalue weighted by molar-refractivity contribution is -0.141. The van der Waals surface area contributed by atoms with Crippen LogP contribution in [-0.2, 0) is 20.7 Å². The van der Waals surface area contributed by atoms with Gasteiger partial charge in [-0.2, -0.15) is 0 Å². The second-order valence-electron chi connectivity index (χ2n) is 7.70. The van der Waals surface area contributed by atoms with Crippen LogP contribution in [0.5, 0.6) is 11.5 Å². The molecule has 0 aromatic heterocycles. The molecule has 1 atom stereocenters. The molecule has 0 aliphatic carbocycles. The first-order valence-corrected chi connectivity index (χ1v) is 11.5. The molecule has 0 radical (unpaired) electrons. The third-order valence-corrected chi connectivity index (χ3v) is 5.95. The topological polar surface area (TPSA) is 93.7 Å². The maximum absolute atomic E-state index is 14.8. The van der Waals surface area contributed by atoms with E-state index in [1.807, 2.05) is 6.07 Å². The minimum absolute atomic E-state index is 0.0207. The van der Waals surface area contributed by atoms with Crippen molar-refractivity contribution < 1.29 is 32.6 Å². The molecule has 7 nitrogen and oxygen atoms in total. The summed E-state index contributed by atoms with van der Waals surface area (Å²) in [6.07, 6.45) is 1.50.